The molecular weight excluding hydrogens is 334 g/mol. The van der Waals surface area contributed by atoms with Gasteiger partial charge in [-0.15, -0.1) is 0 Å². The van der Waals surface area contributed by atoms with Gasteiger partial charge < -0.3 is 15.1 Å². The molecule has 1 aliphatic rings. The second kappa shape index (κ2) is 7.36. The predicted octanol–water partition coefficient (Wildman–Crippen LogP) is 4.62. The van der Waals surface area contributed by atoms with Gasteiger partial charge in [0.05, 0.1) is 0 Å². The molecule has 1 N–H and O–H groups in total. The highest BCUT2D eigenvalue weighted by Gasteiger charge is 2.22. The summed E-state index contributed by atoms with van der Waals surface area (Å²) in [6.07, 6.45) is 0. The van der Waals surface area contributed by atoms with E-state index in [0.717, 1.165) is 24.3 Å². The molecule has 2 aromatic carbocycles. The van der Waals surface area contributed by atoms with Gasteiger partial charge in [-0.2, -0.15) is 0 Å². The van der Waals surface area contributed by atoms with Crippen molar-refractivity contribution in [3.05, 3.63) is 58.1 Å². The second-order valence-electron chi connectivity index (χ2n) is 6.65. The number of carbonyl (C=O) groups is 1. The quantitative estimate of drug-likeness (QED) is 0.851. The summed E-state index contributed by atoms with van der Waals surface area (Å²) in [5.74, 6) is 0. The smallest absolute Gasteiger partial charge is 0.321 e. The van der Waals surface area contributed by atoms with Crippen molar-refractivity contribution in [2.24, 2.45) is 0 Å². The lowest BCUT2D eigenvalue weighted by molar-refractivity contribution is 0.208. The number of anilines is 2. The van der Waals surface area contributed by atoms with Crippen LogP contribution in [0.1, 0.15) is 16.7 Å². The molecule has 0 unspecified atom stereocenters. The first-order chi connectivity index (χ1) is 11.9. The number of benzene rings is 2. The summed E-state index contributed by atoms with van der Waals surface area (Å²) < 4.78 is 0. The van der Waals surface area contributed by atoms with Crippen molar-refractivity contribution in [1.82, 2.24) is 4.90 Å². The van der Waals surface area contributed by atoms with Gasteiger partial charge in [-0.05, 0) is 50.1 Å². The highest BCUT2D eigenvalue weighted by Crippen LogP contribution is 2.23. The van der Waals surface area contributed by atoms with Crippen LogP contribution in [0, 0.1) is 20.8 Å². The van der Waals surface area contributed by atoms with Crippen molar-refractivity contribution in [3.8, 4) is 0 Å². The number of rotatable bonds is 2. The number of nitrogens with one attached hydrogen (secondary N) is 1. The van der Waals surface area contributed by atoms with Crippen LogP contribution < -0.4 is 10.2 Å². The fraction of sp³-hybridized carbons (Fsp3) is 0.350. The van der Waals surface area contributed by atoms with E-state index in [1.807, 2.05) is 24.0 Å². The van der Waals surface area contributed by atoms with Crippen molar-refractivity contribution < 1.29 is 4.79 Å². The molecule has 0 spiro atoms. The van der Waals surface area contributed by atoms with E-state index in [2.05, 4.69) is 42.3 Å². The van der Waals surface area contributed by atoms with Gasteiger partial charge in [-0.3, -0.25) is 0 Å². The van der Waals surface area contributed by atoms with Gasteiger partial charge in [0, 0.05) is 42.6 Å². The van der Waals surface area contributed by atoms with Gasteiger partial charge in [0.2, 0.25) is 0 Å². The van der Waals surface area contributed by atoms with Gasteiger partial charge in [0.1, 0.15) is 0 Å². The number of nitrogens with zero attached hydrogens (tertiary/aromatic N) is 2. The van der Waals surface area contributed by atoms with E-state index in [1.54, 1.807) is 6.07 Å². The van der Waals surface area contributed by atoms with Gasteiger partial charge in [-0.25, -0.2) is 4.79 Å². The largest absolute Gasteiger partial charge is 0.368 e. The summed E-state index contributed by atoms with van der Waals surface area (Å²) in [5.41, 5.74) is 5.60. The van der Waals surface area contributed by atoms with E-state index in [4.69, 9.17) is 11.6 Å². The maximum Gasteiger partial charge on any atom is 0.321 e. The highest BCUT2D eigenvalue weighted by molar-refractivity contribution is 6.31. The normalized spacial score (nSPS) is 14.6. The van der Waals surface area contributed by atoms with E-state index in [9.17, 15) is 4.79 Å². The monoisotopic (exact) mass is 357 g/mol. The lowest BCUT2D eigenvalue weighted by Crippen LogP contribution is -2.50. The number of urea groups is 1. The summed E-state index contributed by atoms with van der Waals surface area (Å²) in [4.78, 5) is 16.8. The molecule has 1 fully saturated rings. The zero-order valence-corrected chi connectivity index (χ0v) is 15.7. The van der Waals surface area contributed by atoms with Crippen LogP contribution >= 0.6 is 11.6 Å². The Morgan fingerprint density at radius 3 is 2.36 bits per heavy atom. The first kappa shape index (κ1) is 17.6. The summed E-state index contributed by atoms with van der Waals surface area (Å²) in [6, 6.07) is 12.0. The number of hydrogen-bond donors (Lipinski definition) is 1. The fourth-order valence-corrected chi connectivity index (χ4v) is 3.41. The summed E-state index contributed by atoms with van der Waals surface area (Å²) >= 11 is 6.03. The van der Waals surface area contributed by atoms with Gasteiger partial charge in [-0.1, -0.05) is 35.4 Å². The van der Waals surface area contributed by atoms with Crippen LogP contribution in [0.4, 0.5) is 16.2 Å². The lowest BCUT2D eigenvalue weighted by Gasteiger charge is -2.37. The Labute approximate surface area is 154 Å². The summed E-state index contributed by atoms with van der Waals surface area (Å²) in [5, 5.41) is 3.60. The van der Waals surface area contributed by atoms with E-state index in [0.29, 0.717) is 18.1 Å². The summed E-state index contributed by atoms with van der Waals surface area (Å²) in [7, 11) is 0. The molecule has 1 heterocycles. The van der Waals surface area contributed by atoms with E-state index in [-0.39, 0.29) is 6.03 Å². The van der Waals surface area contributed by atoms with E-state index in [1.165, 1.54) is 16.8 Å². The summed E-state index contributed by atoms with van der Waals surface area (Å²) in [6.45, 7) is 9.31. The third kappa shape index (κ3) is 4.07. The molecule has 0 atom stereocenters. The molecular formula is C20H24ClN3O. The minimum absolute atomic E-state index is 0.0642. The Morgan fingerprint density at radius 1 is 0.960 bits per heavy atom. The van der Waals surface area contributed by atoms with Gasteiger partial charge >= 0.3 is 6.03 Å². The number of piperazine rings is 1. The van der Waals surface area contributed by atoms with Crippen LogP contribution in [-0.2, 0) is 0 Å². The third-order valence-corrected chi connectivity index (χ3v) is 4.94. The molecule has 0 aromatic heterocycles. The predicted molar refractivity (Wildman–Crippen MR) is 105 cm³/mol. The fourth-order valence-electron chi connectivity index (χ4n) is 3.23. The molecule has 4 nitrogen and oxygen atoms in total. The lowest BCUT2D eigenvalue weighted by atomic mass is 10.1. The molecule has 25 heavy (non-hydrogen) atoms. The van der Waals surface area contributed by atoms with Crippen LogP contribution in [-0.4, -0.2) is 37.1 Å². The van der Waals surface area contributed by atoms with Crippen LogP contribution in [0.25, 0.3) is 0 Å². The van der Waals surface area contributed by atoms with Crippen LogP contribution in [0.2, 0.25) is 5.02 Å². The van der Waals surface area contributed by atoms with Crippen LogP contribution in [0.5, 0.6) is 0 Å². The number of hydrogen-bond acceptors (Lipinski definition) is 2. The average molecular weight is 358 g/mol. The number of carbonyl (C=O) groups excluding carboxylic acids is 1. The Balaban J connectivity index is 1.62. The van der Waals surface area contributed by atoms with Crippen molar-refractivity contribution in [2.75, 3.05) is 36.4 Å². The SMILES string of the molecule is Cc1ccc(N2CCN(C(=O)Nc3cc(Cl)ccc3C)CC2)c(C)c1. The van der Waals surface area contributed by atoms with Crippen LogP contribution in [0.3, 0.4) is 0 Å². The molecule has 5 heteroatoms. The minimum Gasteiger partial charge on any atom is -0.368 e. The molecule has 2 amide bonds. The molecule has 0 radical (unpaired) electrons. The number of aryl methyl sites for hydroxylation is 3. The van der Waals surface area contributed by atoms with Crippen LogP contribution in [0.15, 0.2) is 36.4 Å². The first-order valence-electron chi connectivity index (χ1n) is 8.58. The molecule has 0 aliphatic carbocycles. The molecule has 1 saturated heterocycles. The zero-order valence-electron chi connectivity index (χ0n) is 15.0. The van der Waals surface area contributed by atoms with Crippen molar-refractivity contribution in [3.63, 3.8) is 0 Å². The average Bonchev–Trinajstić information content (AvgIpc) is 2.58. The minimum atomic E-state index is -0.0642. The maximum atomic E-state index is 12.5. The first-order valence-corrected chi connectivity index (χ1v) is 8.96. The van der Waals surface area contributed by atoms with E-state index >= 15 is 0 Å². The van der Waals surface area contributed by atoms with Crippen molar-refractivity contribution in [1.29, 1.82) is 0 Å². The number of halogens is 1. The maximum absolute atomic E-state index is 12.5. The molecule has 1 aliphatic heterocycles. The Bertz CT molecular complexity index is 783. The van der Waals surface area contributed by atoms with Gasteiger partial charge in [0.15, 0.2) is 0 Å². The van der Waals surface area contributed by atoms with Crippen molar-refractivity contribution in [2.45, 2.75) is 20.8 Å². The standard InChI is InChI=1S/C20H24ClN3O/c1-14-4-7-19(16(3)12-14)23-8-10-24(11-9-23)20(25)22-18-13-17(21)6-5-15(18)2/h4-7,12-13H,8-11H2,1-3H3,(H,22,25). The van der Waals surface area contributed by atoms with Gasteiger partial charge in [0.25, 0.3) is 0 Å². The Kier molecular flexibility index (Phi) is 5.19. The van der Waals surface area contributed by atoms with E-state index < -0.39 is 0 Å². The topological polar surface area (TPSA) is 35.6 Å². The Hall–Kier alpha value is -2.20. The molecule has 0 saturated carbocycles. The molecule has 2 aromatic rings. The Morgan fingerprint density at radius 2 is 1.68 bits per heavy atom. The zero-order chi connectivity index (χ0) is 18.0. The molecule has 132 valence electrons. The third-order valence-electron chi connectivity index (χ3n) is 4.70. The molecule has 3 rings (SSSR count). The van der Waals surface area contributed by atoms with Crippen molar-refractivity contribution >= 4 is 29.0 Å². The number of amides is 2. The second-order valence-corrected chi connectivity index (χ2v) is 7.09. The molecule has 0 bridgehead atoms. The highest BCUT2D eigenvalue weighted by atomic mass is 35.5.